The first-order valence-electron chi connectivity index (χ1n) is 9.17. The summed E-state index contributed by atoms with van der Waals surface area (Å²) in [7, 11) is 1.55. The summed E-state index contributed by atoms with van der Waals surface area (Å²) in [6.45, 7) is 4.68. The van der Waals surface area contributed by atoms with Gasteiger partial charge in [-0.05, 0) is 13.3 Å². The molecule has 1 amide bonds. The number of piperazine rings is 1. The number of allylic oxidation sites excluding steroid dienone is 2. The Hall–Kier alpha value is -2.39. The monoisotopic (exact) mass is 376 g/mol. The Morgan fingerprint density at radius 2 is 2.15 bits per heavy atom. The molecule has 1 aliphatic carbocycles. The Morgan fingerprint density at radius 1 is 1.41 bits per heavy atom. The zero-order chi connectivity index (χ0) is 19.5. The predicted molar refractivity (Wildman–Crippen MR) is 94.2 cm³/mol. The van der Waals surface area contributed by atoms with Gasteiger partial charge in [0.2, 0.25) is 11.6 Å². The standard InChI is InChI=1S/C18H24N4O5/c1-4-5-20-12-8(2)14(23)13-11(15(12)24)9(7-27-17(19)25)18(26-3)16-10(21-16)6-22(13)18/h9-10,16,20-21H,4-7H2,1-3H3,(H2,19,25)/t9-,10+,16-,18+/m0/s1. The van der Waals surface area contributed by atoms with E-state index in [0.29, 0.717) is 35.6 Å². The van der Waals surface area contributed by atoms with Gasteiger partial charge in [0, 0.05) is 37.4 Å². The summed E-state index contributed by atoms with van der Waals surface area (Å²) < 4.78 is 11.0. The topological polar surface area (TPSA) is 133 Å². The third-order valence-corrected chi connectivity index (χ3v) is 5.98. The minimum atomic E-state index is -0.934. The zero-order valence-corrected chi connectivity index (χ0v) is 15.6. The van der Waals surface area contributed by atoms with Crippen LogP contribution in [0.15, 0.2) is 22.5 Å². The summed E-state index contributed by atoms with van der Waals surface area (Å²) in [5.74, 6) is -1.03. The molecule has 4 rings (SSSR count). The maximum Gasteiger partial charge on any atom is 0.404 e. The molecule has 27 heavy (non-hydrogen) atoms. The van der Waals surface area contributed by atoms with Crippen molar-refractivity contribution in [3.8, 4) is 0 Å². The van der Waals surface area contributed by atoms with Gasteiger partial charge < -0.3 is 30.7 Å². The number of hydrogen-bond donors (Lipinski definition) is 3. The Morgan fingerprint density at radius 3 is 2.78 bits per heavy atom. The van der Waals surface area contributed by atoms with Crippen molar-refractivity contribution in [3.63, 3.8) is 0 Å². The molecule has 9 heteroatoms. The van der Waals surface area contributed by atoms with Gasteiger partial charge >= 0.3 is 6.09 Å². The van der Waals surface area contributed by atoms with Crippen molar-refractivity contribution >= 4 is 17.7 Å². The molecule has 0 spiro atoms. The molecule has 0 aromatic carbocycles. The first-order valence-corrected chi connectivity index (χ1v) is 9.17. The minimum absolute atomic E-state index is 0.0393. The van der Waals surface area contributed by atoms with Crippen LogP contribution < -0.4 is 16.4 Å². The van der Waals surface area contributed by atoms with Crippen molar-refractivity contribution < 1.29 is 23.9 Å². The van der Waals surface area contributed by atoms with Crippen LogP contribution >= 0.6 is 0 Å². The highest BCUT2D eigenvalue weighted by Crippen LogP contribution is 2.55. The molecule has 0 aromatic rings. The SMILES string of the molecule is CCCNC1=C(C)C(=O)C2=C(C1=O)[C@H](COC(N)=O)[C@@]1(OC)[C@H]3N[C@@H]3CN21. The number of nitrogens with one attached hydrogen (secondary N) is 2. The van der Waals surface area contributed by atoms with Crippen LogP contribution in [0.2, 0.25) is 0 Å². The quantitative estimate of drug-likeness (QED) is 0.413. The van der Waals surface area contributed by atoms with Gasteiger partial charge in [-0.15, -0.1) is 0 Å². The molecule has 0 aromatic heterocycles. The number of nitrogens with zero attached hydrogens (tertiary/aromatic N) is 1. The molecule has 0 saturated carbocycles. The summed E-state index contributed by atoms with van der Waals surface area (Å²) in [6, 6.07) is 0.143. The molecule has 9 nitrogen and oxygen atoms in total. The fraction of sp³-hybridized carbons (Fsp3) is 0.611. The lowest BCUT2D eigenvalue weighted by Crippen LogP contribution is -2.55. The van der Waals surface area contributed by atoms with E-state index >= 15 is 0 Å². The predicted octanol–water partition coefficient (Wildman–Crippen LogP) is -0.610. The van der Waals surface area contributed by atoms with E-state index in [1.807, 2.05) is 11.8 Å². The maximum atomic E-state index is 13.3. The lowest BCUT2D eigenvalue weighted by atomic mass is 9.82. The molecule has 0 bridgehead atoms. The molecule has 3 heterocycles. The van der Waals surface area contributed by atoms with Crippen LogP contribution in [-0.4, -0.2) is 67.2 Å². The molecule has 0 unspecified atom stereocenters. The van der Waals surface area contributed by atoms with Crippen LogP contribution in [0, 0.1) is 5.92 Å². The number of nitrogens with two attached hydrogens (primary N) is 1. The number of rotatable bonds is 6. The summed E-state index contributed by atoms with van der Waals surface area (Å²) in [5, 5.41) is 6.41. The molecular weight excluding hydrogens is 352 g/mol. The molecular formula is C18H24N4O5. The van der Waals surface area contributed by atoms with E-state index in [4.69, 9.17) is 15.2 Å². The van der Waals surface area contributed by atoms with Crippen LogP contribution in [0.4, 0.5) is 4.79 Å². The number of hydrogen-bond acceptors (Lipinski definition) is 8. The van der Waals surface area contributed by atoms with Crippen molar-refractivity contribution in [1.29, 1.82) is 0 Å². The van der Waals surface area contributed by atoms with Gasteiger partial charge in [0.1, 0.15) is 6.61 Å². The fourth-order valence-electron chi connectivity index (χ4n) is 4.75. The van der Waals surface area contributed by atoms with Crippen LogP contribution in [0.1, 0.15) is 20.3 Å². The third-order valence-electron chi connectivity index (χ3n) is 5.98. The van der Waals surface area contributed by atoms with Gasteiger partial charge in [-0.1, -0.05) is 6.92 Å². The van der Waals surface area contributed by atoms with E-state index in [1.54, 1.807) is 14.0 Å². The average molecular weight is 376 g/mol. The number of ether oxygens (including phenoxy) is 2. The normalized spacial score (nSPS) is 33.9. The van der Waals surface area contributed by atoms with Crippen molar-refractivity contribution in [2.75, 3.05) is 26.8 Å². The molecule has 2 fully saturated rings. The summed E-state index contributed by atoms with van der Waals surface area (Å²) in [5.41, 5.74) is 5.67. The number of primary amides is 1. The lowest BCUT2D eigenvalue weighted by molar-refractivity contribution is -0.137. The lowest BCUT2D eigenvalue weighted by Gasteiger charge is -2.39. The van der Waals surface area contributed by atoms with Gasteiger partial charge in [0.15, 0.2) is 5.72 Å². The first-order chi connectivity index (χ1) is 12.9. The van der Waals surface area contributed by atoms with E-state index < -0.39 is 17.7 Å². The zero-order valence-electron chi connectivity index (χ0n) is 15.6. The molecule has 4 atom stereocenters. The minimum Gasteiger partial charge on any atom is -0.449 e. The molecule has 0 radical (unpaired) electrons. The fourth-order valence-corrected chi connectivity index (χ4v) is 4.75. The molecule has 2 saturated heterocycles. The summed E-state index contributed by atoms with van der Waals surface area (Å²) in [4.78, 5) is 39.6. The van der Waals surface area contributed by atoms with Crippen molar-refractivity contribution in [2.24, 2.45) is 11.7 Å². The first kappa shape index (κ1) is 18.0. The van der Waals surface area contributed by atoms with Gasteiger partial charge in [-0.25, -0.2) is 4.79 Å². The average Bonchev–Trinajstić information content (AvgIpc) is 3.24. The summed E-state index contributed by atoms with van der Waals surface area (Å²) >= 11 is 0. The number of fused-ring (bicyclic) bond motifs is 4. The van der Waals surface area contributed by atoms with Crippen molar-refractivity contribution in [1.82, 2.24) is 15.5 Å². The smallest absolute Gasteiger partial charge is 0.404 e. The second kappa shape index (κ2) is 6.07. The molecule has 146 valence electrons. The molecule has 4 N–H and O–H groups in total. The van der Waals surface area contributed by atoms with Crippen LogP contribution in [-0.2, 0) is 19.1 Å². The van der Waals surface area contributed by atoms with Crippen LogP contribution in [0.3, 0.4) is 0 Å². The number of carbonyl (C=O) groups excluding carboxylic acids is 3. The van der Waals surface area contributed by atoms with E-state index in [0.717, 1.165) is 6.42 Å². The van der Waals surface area contributed by atoms with Gasteiger partial charge in [0.05, 0.1) is 23.4 Å². The van der Waals surface area contributed by atoms with E-state index in [1.165, 1.54) is 0 Å². The number of methoxy groups -OCH3 is 1. The van der Waals surface area contributed by atoms with Gasteiger partial charge in [-0.2, -0.15) is 0 Å². The van der Waals surface area contributed by atoms with Crippen LogP contribution in [0.25, 0.3) is 0 Å². The third kappa shape index (κ3) is 2.28. The Balaban J connectivity index is 1.79. The molecule has 4 aliphatic rings. The number of carbonyl (C=O) groups is 3. The number of amides is 1. The van der Waals surface area contributed by atoms with E-state index in [2.05, 4.69) is 10.6 Å². The van der Waals surface area contributed by atoms with E-state index in [-0.39, 0.29) is 30.3 Å². The Kier molecular flexibility index (Phi) is 4.04. The van der Waals surface area contributed by atoms with Crippen molar-refractivity contribution in [3.05, 3.63) is 22.5 Å². The van der Waals surface area contributed by atoms with E-state index in [9.17, 15) is 14.4 Å². The van der Waals surface area contributed by atoms with Crippen LogP contribution in [0.5, 0.6) is 0 Å². The maximum absolute atomic E-state index is 13.3. The van der Waals surface area contributed by atoms with Gasteiger partial charge in [-0.3, -0.25) is 9.59 Å². The highest BCUT2D eigenvalue weighted by atomic mass is 16.6. The largest absolute Gasteiger partial charge is 0.449 e. The second-order valence-corrected chi connectivity index (χ2v) is 7.35. The highest BCUT2D eigenvalue weighted by Gasteiger charge is 2.72. The second-order valence-electron chi connectivity index (χ2n) is 7.35. The Labute approximate surface area is 156 Å². The number of Topliss-reactive ketones (excluding diaryl/α,β-unsaturated/α-hetero) is 2. The highest BCUT2D eigenvalue weighted by molar-refractivity contribution is 6.25. The summed E-state index contributed by atoms with van der Waals surface area (Å²) in [6.07, 6.45) is -0.106. The van der Waals surface area contributed by atoms with Gasteiger partial charge in [0.25, 0.3) is 0 Å². The van der Waals surface area contributed by atoms with Crippen molar-refractivity contribution in [2.45, 2.75) is 38.1 Å². The molecule has 3 aliphatic heterocycles. The Bertz CT molecular complexity index is 804. The number of ketones is 2.